The van der Waals surface area contributed by atoms with Gasteiger partial charge in [0.25, 0.3) is 5.91 Å². The molecule has 7 rings (SSSR count). The number of hydrogen-bond donors (Lipinski definition) is 3. The van der Waals surface area contributed by atoms with Crippen molar-refractivity contribution in [2.75, 3.05) is 57.0 Å². The Bertz CT molecular complexity index is 2250. The number of fused-ring (bicyclic) bond motifs is 1. The Labute approximate surface area is 344 Å². The van der Waals surface area contributed by atoms with Crippen LogP contribution in [0, 0.1) is 0 Å². The molecule has 2 saturated heterocycles. The lowest BCUT2D eigenvalue weighted by molar-refractivity contribution is -0.136. The van der Waals surface area contributed by atoms with E-state index in [1.54, 1.807) is 36.3 Å². The number of rotatable bonds is 13. The molecule has 57 heavy (non-hydrogen) atoms. The van der Waals surface area contributed by atoms with Gasteiger partial charge in [0.15, 0.2) is 5.82 Å². The largest absolute Gasteiger partial charge is 0.494 e. The number of amides is 3. The zero-order chi connectivity index (χ0) is 40.4. The van der Waals surface area contributed by atoms with Gasteiger partial charge in [-0.3, -0.25) is 29.2 Å². The number of anilines is 5. The van der Waals surface area contributed by atoms with Gasteiger partial charge in [-0.1, -0.05) is 29.8 Å². The topological polar surface area (TPSA) is 168 Å². The van der Waals surface area contributed by atoms with Gasteiger partial charge >= 0.3 is 7.60 Å². The number of nitrogens with zero attached hydrogens (tertiary/aromatic N) is 5. The fourth-order valence-electron chi connectivity index (χ4n) is 7.63. The van der Waals surface area contributed by atoms with Gasteiger partial charge in [0, 0.05) is 69.1 Å². The van der Waals surface area contributed by atoms with Gasteiger partial charge in [-0.05, 0) is 83.7 Å². The second kappa shape index (κ2) is 17.1. The monoisotopic (exact) mass is 880 g/mol. The van der Waals surface area contributed by atoms with Gasteiger partial charge in [-0.15, -0.1) is 0 Å². The minimum atomic E-state index is -3.57. The van der Waals surface area contributed by atoms with Gasteiger partial charge in [0.1, 0.15) is 16.8 Å². The number of carbonyl (C=O) groups is 3. The number of nitrogens with one attached hydrogen (secondary N) is 3. The Morgan fingerprint density at radius 3 is 2.47 bits per heavy atom. The standard InChI is InChI=1S/C39H43BrClN8O7P/c1-47(21-23-17-24-22-49(38(52)35(24)27(40)18-23)31-11-12-34(50)45-37(31)51)25-13-15-48(16-14-25)26-9-10-29(32(19-26)54-2)44-39-42-20-28(41)36(46-39)43-30-7-5-6-8-33(30)57(53,55-3)56-4/h5-10,17-20,25,31H,11-16,21-22H2,1-4H3,(H,45,50,51)(H2,42,43,44,46). The molecule has 15 nitrogen and oxygen atoms in total. The van der Waals surface area contributed by atoms with Crippen LogP contribution in [0.2, 0.25) is 5.02 Å². The van der Waals surface area contributed by atoms with E-state index >= 15 is 0 Å². The van der Waals surface area contributed by atoms with Crippen molar-refractivity contribution < 1.29 is 32.7 Å². The van der Waals surface area contributed by atoms with Gasteiger partial charge in [0.05, 0.1) is 35.5 Å². The molecule has 18 heteroatoms. The quantitative estimate of drug-likeness (QED) is 0.100. The first kappa shape index (κ1) is 40.6. The van der Waals surface area contributed by atoms with E-state index in [1.165, 1.54) is 20.4 Å². The molecule has 1 unspecified atom stereocenters. The van der Waals surface area contributed by atoms with E-state index < -0.39 is 19.5 Å². The maximum atomic E-state index is 13.3. The molecule has 4 aromatic rings. The van der Waals surface area contributed by atoms with Crippen molar-refractivity contribution in [3.05, 3.63) is 87.0 Å². The maximum absolute atomic E-state index is 13.3. The van der Waals surface area contributed by atoms with Crippen LogP contribution in [0.25, 0.3) is 0 Å². The van der Waals surface area contributed by atoms with Crippen LogP contribution < -0.4 is 30.9 Å². The third kappa shape index (κ3) is 8.52. The SMILES string of the molecule is COc1cc(N2CCC(N(C)Cc3cc(Br)c4c(c3)CN(C3CCC(=O)NC3=O)C4=O)CC2)ccc1Nc1ncc(Cl)c(Nc2ccccc2P(=O)(OC)OC)n1. The van der Waals surface area contributed by atoms with Crippen molar-refractivity contribution >= 4 is 87.0 Å². The first-order chi connectivity index (χ1) is 27.4. The molecule has 0 saturated carbocycles. The van der Waals surface area contributed by atoms with Crippen molar-refractivity contribution in [3.63, 3.8) is 0 Å². The van der Waals surface area contributed by atoms with Crippen LogP contribution in [0.1, 0.15) is 47.2 Å². The second-order valence-corrected chi connectivity index (χ2v) is 17.5. The van der Waals surface area contributed by atoms with Crippen molar-refractivity contribution in [3.8, 4) is 5.75 Å². The van der Waals surface area contributed by atoms with Crippen molar-refractivity contribution in [2.24, 2.45) is 0 Å². The summed E-state index contributed by atoms with van der Waals surface area (Å²) in [7, 11) is 2.82. The van der Waals surface area contributed by atoms with Crippen LogP contribution in [-0.2, 0) is 36.3 Å². The van der Waals surface area contributed by atoms with Gasteiger partial charge in [-0.25, -0.2) is 4.98 Å². The molecule has 3 N–H and O–H groups in total. The molecule has 3 aliphatic rings. The summed E-state index contributed by atoms with van der Waals surface area (Å²) >= 11 is 10.1. The van der Waals surface area contributed by atoms with Gasteiger partial charge < -0.3 is 34.2 Å². The molecule has 4 heterocycles. The fourth-order valence-corrected chi connectivity index (χ4v) is 9.72. The Morgan fingerprint density at radius 2 is 1.75 bits per heavy atom. The van der Waals surface area contributed by atoms with E-state index in [0.29, 0.717) is 63.8 Å². The summed E-state index contributed by atoms with van der Waals surface area (Å²) in [6, 6.07) is 16.6. The minimum absolute atomic E-state index is 0.192. The molecule has 3 aromatic carbocycles. The van der Waals surface area contributed by atoms with E-state index in [1.807, 2.05) is 24.3 Å². The Hall–Kier alpha value is -4.57. The number of halogens is 2. The molecule has 300 valence electrons. The molecule has 0 radical (unpaired) electrons. The number of benzene rings is 3. The van der Waals surface area contributed by atoms with E-state index in [9.17, 15) is 18.9 Å². The summed E-state index contributed by atoms with van der Waals surface area (Å²) < 4.78 is 30.1. The highest BCUT2D eigenvalue weighted by molar-refractivity contribution is 9.10. The summed E-state index contributed by atoms with van der Waals surface area (Å²) in [6.07, 6.45) is 3.93. The summed E-state index contributed by atoms with van der Waals surface area (Å²) in [6.45, 7) is 2.74. The Balaban J connectivity index is 0.971. The average molecular weight is 882 g/mol. The van der Waals surface area contributed by atoms with Crippen LogP contribution in [0.5, 0.6) is 5.75 Å². The van der Waals surface area contributed by atoms with Crippen LogP contribution in [-0.4, -0.2) is 91.0 Å². The third-order valence-electron chi connectivity index (χ3n) is 10.6. The van der Waals surface area contributed by atoms with Gasteiger partial charge in [-0.2, -0.15) is 4.98 Å². The van der Waals surface area contributed by atoms with Crippen LogP contribution >= 0.6 is 35.1 Å². The maximum Gasteiger partial charge on any atom is 0.362 e. The Morgan fingerprint density at radius 1 is 1.00 bits per heavy atom. The normalized spacial score (nSPS) is 17.5. The van der Waals surface area contributed by atoms with Crippen molar-refractivity contribution in [1.29, 1.82) is 0 Å². The second-order valence-electron chi connectivity index (χ2n) is 14.0. The molecule has 0 aliphatic carbocycles. The van der Waals surface area contributed by atoms with Crippen molar-refractivity contribution in [1.82, 2.24) is 25.1 Å². The molecular weight excluding hydrogens is 839 g/mol. The number of hydrogen-bond acceptors (Lipinski definition) is 13. The number of imide groups is 1. The van der Waals surface area contributed by atoms with Crippen LogP contribution in [0.15, 0.2) is 65.3 Å². The molecule has 3 aliphatic heterocycles. The summed E-state index contributed by atoms with van der Waals surface area (Å²) in [4.78, 5) is 52.7. The molecule has 0 bridgehead atoms. The van der Waals surface area contributed by atoms with Crippen LogP contribution in [0.3, 0.4) is 0 Å². The predicted octanol–water partition coefficient (Wildman–Crippen LogP) is 6.36. The molecule has 1 aromatic heterocycles. The average Bonchev–Trinajstić information content (AvgIpc) is 3.54. The van der Waals surface area contributed by atoms with Gasteiger partial charge in [0.2, 0.25) is 17.8 Å². The summed E-state index contributed by atoms with van der Waals surface area (Å²) in [5.41, 5.74) is 4.70. The molecule has 2 fully saturated rings. The van der Waals surface area contributed by atoms with Crippen molar-refractivity contribution in [2.45, 2.75) is 50.9 Å². The lowest BCUT2D eigenvalue weighted by Gasteiger charge is -2.38. The third-order valence-corrected chi connectivity index (χ3v) is 13.5. The first-order valence-electron chi connectivity index (χ1n) is 18.4. The first-order valence-corrected chi connectivity index (χ1v) is 21.1. The molecule has 1 atom stereocenters. The smallest absolute Gasteiger partial charge is 0.362 e. The number of aromatic nitrogens is 2. The lowest BCUT2D eigenvalue weighted by atomic mass is 10.0. The van der Waals surface area contributed by atoms with Crippen LogP contribution in [0.4, 0.5) is 28.8 Å². The molecule has 0 spiro atoms. The predicted molar refractivity (Wildman–Crippen MR) is 221 cm³/mol. The number of ether oxygens (including phenoxy) is 1. The lowest BCUT2D eigenvalue weighted by Crippen LogP contribution is -2.52. The van der Waals surface area contributed by atoms with E-state index in [2.05, 4.69) is 64.8 Å². The zero-order valence-electron chi connectivity index (χ0n) is 31.9. The summed E-state index contributed by atoms with van der Waals surface area (Å²) in [5, 5.41) is 9.33. The number of piperidine rings is 2. The Kier molecular flexibility index (Phi) is 12.2. The molecular formula is C39H43BrClN8O7P. The molecule has 3 amide bonds. The number of methoxy groups -OCH3 is 1. The number of para-hydroxylation sites is 1. The highest BCUT2D eigenvalue weighted by Gasteiger charge is 2.40. The van der Waals surface area contributed by atoms with E-state index in [0.717, 1.165) is 42.7 Å². The van der Waals surface area contributed by atoms with E-state index in [-0.39, 0.29) is 29.2 Å². The zero-order valence-corrected chi connectivity index (χ0v) is 35.1. The minimum Gasteiger partial charge on any atom is -0.494 e. The van der Waals surface area contributed by atoms with E-state index in [4.69, 9.17) is 25.4 Å². The summed E-state index contributed by atoms with van der Waals surface area (Å²) in [5.74, 6) is 0.263. The fraction of sp³-hybridized carbons (Fsp3) is 0.359. The number of carbonyl (C=O) groups excluding carboxylic acids is 3. The highest BCUT2D eigenvalue weighted by atomic mass is 79.9. The highest BCUT2D eigenvalue weighted by Crippen LogP contribution is 2.47.